The number of sulfonamides is 1. The van der Waals surface area contributed by atoms with Crippen molar-refractivity contribution in [2.24, 2.45) is 0 Å². The first kappa shape index (κ1) is 27.1. The molecule has 1 saturated heterocycles. The van der Waals surface area contributed by atoms with Gasteiger partial charge in [-0.1, -0.05) is 6.07 Å². The number of nitrogens with zero attached hydrogens (tertiary/aromatic N) is 3. The SMILES string of the molecule is COc1ccc(/C=C/C(=O)N2CCN(S(=O)(=O)c3c4c(c(OC)c5c3OCO5)CN(C)CC4)CC2)cc1OC. The molecule has 1 fully saturated rings. The molecule has 210 valence electrons. The van der Waals surface area contributed by atoms with Crippen molar-refractivity contribution in [3.8, 4) is 28.7 Å². The van der Waals surface area contributed by atoms with Gasteiger partial charge in [0, 0.05) is 50.9 Å². The fourth-order valence-electron chi connectivity index (χ4n) is 5.24. The summed E-state index contributed by atoms with van der Waals surface area (Å²) in [6, 6.07) is 5.38. The first-order chi connectivity index (χ1) is 18.8. The van der Waals surface area contributed by atoms with Gasteiger partial charge in [-0.2, -0.15) is 4.31 Å². The van der Waals surface area contributed by atoms with Crippen molar-refractivity contribution in [3.05, 3.63) is 41.0 Å². The number of benzene rings is 2. The zero-order valence-corrected chi connectivity index (χ0v) is 23.4. The number of fused-ring (bicyclic) bond motifs is 2. The molecule has 3 heterocycles. The lowest BCUT2D eigenvalue weighted by Crippen LogP contribution is -2.50. The Labute approximate surface area is 228 Å². The van der Waals surface area contributed by atoms with Crippen LogP contribution in [0.15, 0.2) is 29.2 Å². The largest absolute Gasteiger partial charge is 0.493 e. The normalized spacial score (nSPS) is 17.8. The molecule has 1 amide bonds. The average molecular weight is 560 g/mol. The predicted molar refractivity (Wildman–Crippen MR) is 143 cm³/mol. The smallest absolute Gasteiger partial charge is 0.247 e. The van der Waals surface area contributed by atoms with E-state index < -0.39 is 10.0 Å². The minimum Gasteiger partial charge on any atom is -0.493 e. The van der Waals surface area contributed by atoms with E-state index in [4.69, 9.17) is 23.7 Å². The molecule has 0 bridgehead atoms. The highest BCUT2D eigenvalue weighted by molar-refractivity contribution is 7.89. The van der Waals surface area contributed by atoms with Gasteiger partial charge in [0.15, 0.2) is 23.0 Å². The van der Waals surface area contributed by atoms with E-state index in [-0.39, 0.29) is 49.5 Å². The first-order valence-electron chi connectivity index (χ1n) is 12.7. The van der Waals surface area contributed by atoms with E-state index in [0.717, 1.165) is 11.1 Å². The van der Waals surface area contributed by atoms with E-state index in [9.17, 15) is 13.2 Å². The van der Waals surface area contributed by atoms with Crippen LogP contribution >= 0.6 is 0 Å². The lowest BCUT2D eigenvalue weighted by molar-refractivity contribution is -0.127. The van der Waals surface area contributed by atoms with Gasteiger partial charge in [-0.3, -0.25) is 4.79 Å². The number of ether oxygens (including phenoxy) is 5. The van der Waals surface area contributed by atoms with Gasteiger partial charge in [0.1, 0.15) is 4.90 Å². The molecular formula is C27H33N3O8S. The Balaban J connectivity index is 1.34. The maximum absolute atomic E-state index is 14.0. The van der Waals surface area contributed by atoms with Gasteiger partial charge in [0.05, 0.1) is 21.3 Å². The van der Waals surface area contributed by atoms with E-state index >= 15 is 0 Å². The Kier molecular flexibility index (Phi) is 7.61. The predicted octanol–water partition coefficient (Wildman–Crippen LogP) is 1.98. The first-order valence-corrected chi connectivity index (χ1v) is 14.1. The Morgan fingerprint density at radius 3 is 2.33 bits per heavy atom. The Morgan fingerprint density at radius 2 is 1.64 bits per heavy atom. The fourth-order valence-corrected chi connectivity index (χ4v) is 7.07. The summed E-state index contributed by atoms with van der Waals surface area (Å²) in [6.45, 7) is 2.09. The molecule has 12 heteroatoms. The van der Waals surface area contributed by atoms with Crippen molar-refractivity contribution in [2.45, 2.75) is 17.9 Å². The minimum atomic E-state index is -3.92. The highest BCUT2D eigenvalue weighted by Crippen LogP contribution is 2.51. The molecule has 5 rings (SSSR count). The summed E-state index contributed by atoms with van der Waals surface area (Å²) >= 11 is 0. The number of amides is 1. The number of likely N-dealkylation sites (N-methyl/N-ethyl adjacent to an activating group) is 1. The van der Waals surface area contributed by atoms with Crippen LogP contribution in [0.1, 0.15) is 16.7 Å². The highest BCUT2D eigenvalue weighted by atomic mass is 32.2. The van der Waals surface area contributed by atoms with Gasteiger partial charge in [-0.05, 0) is 42.8 Å². The van der Waals surface area contributed by atoms with Gasteiger partial charge in [-0.25, -0.2) is 8.42 Å². The number of piperazine rings is 1. The summed E-state index contributed by atoms with van der Waals surface area (Å²) in [4.78, 5) is 16.8. The maximum Gasteiger partial charge on any atom is 0.247 e. The molecule has 2 aromatic carbocycles. The number of methoxy groups -OCH3 is 3. The molecule has 0 radical (unpaired) electrons. The second kappa shape index (κ2) is 10.9. The van der Waals surface area contributed by atoms with Gasteiger partial charge >= 0.3 is 0 Å². The van der Waals surface area contributed by atoms with Crippen LogP contribution in [-0.4, -0.2) is 96.3 Å². The molecule has 2 aromatic rings. The molecule has 0 aromatic heterocycles. The Hall–Kier alpha value is -3.48. The van der Waals surface area contributed by atoms with Gasteiger partial charge in [0.2, 0.25) is 28.5 Å². The van der Waals surface area contributed by atoms with Crippen LogP contribution in [0.2, 0.25) is 0 Å². The van der Waals surface area contributed by atoms with Crippen molar-refractivity contribution >= 4 is 22.0 Å². The van der Waals surface area contributed by atoms with Crippen molar-refractivity contribution in [1.29, 1.82) is 0 Å². The molecular weight excluding hydrogens is 526 g/mol. The lowest BCUT2D eigenvalue weighted by Gasteiger charge is -2.35. The second-order valence-corrected chi connectivity index (χ2v) is 11.4. The summed E-state index contributed by atoms with van der Waals surface area (Å²) in [6.07, 6.45) is 3.74. The molecule has 0 spiro atoms. The van der Waals surface area contributed by atoms with Crippen LogP contribution in [0.4, 0.5) is 0 Å². The van der Waals surface area contributed by atoms with Crippen LogP contribution in [0, 0.1) is 0 Å². The monoisotopic (exact) mass is 559 g/mol. The number of carbonyl (C=O) groups excluding carboxylic acids is 1. The lowest BCUT2D eigenvalue weighted by atomic mass is 9.97. The summed E-state index contributed by atoms with van der Waals surface area (Å²) in [5.41, 5.74) is 2.31. The summed E-state index contributed by atoms with van der Waals surface area (Å²) < 4.78 is 57.0. The Morgan fingerprint density at radius 1 is 0.923 bits per heavy atom. The van der Waals surface area contributed by atoms with Crippen LogP contribution in [0.5, 0.6) is 28.7 Å². The highest BCUT2D eigenvalue weighted by Gasteiger charge is 2.41. The van der Waals surface area contributed by atoms with Crippen molar-refractivity contribution in [1.82, 2.24) is 14.1 Å². The summed E-state index contributed by atoms with van der Waals surface area (Å²) in [5.74, 6) is 2.06. The molecule has 11 nitrogen and oxygen atoms in total. The third kappa shape index (κ3) is 4.99. The molecule has 39 heavy (non-hydrogen) atoms. The van der Waals surface area contributed by atoms with Gasteiger partial charge in [-0.15, -0.1) is 0 Å². The zero-order valence-electron chi connectivity index (χ0n) is 22.6. The van der Waals surface area contributed by atoms with Crippen molar-refractivity contribution < 1.29 is 36.9 Å². The fraction of sp³-hybridized carbons (Fsp3) is 0.444. The van der Waals surface area contributed by atoms with E-state index in [1.807, 2.05) is 13.1 Å². The molecule has 0 unspecified atom stereocenters. The molecule has 0 atom stereocenters. The van der Waals surface area contributed by atoms with Crippen LogP contribution in [0.3, 0.4) is 0 Å². The van der Waals surface area contributed by atoms with Gasteiger partial charge < -0.3 is 33.5 Å². The molecule has 3 aliphatic rings. The Bertz CT molecular complexity index is 1400. The second-order valence-electron chi connectivity index (χ2n) is 9.55. The van der Waals surface area contributed by atoms with Crippen LogP contribution in [0.25, 0.3) is 6.08 Å². The number of hydrogen-bond donors (Lipinski definition) is 0. The summed E-state index contributed by atoms with van der Waals surface area (Å²) in [7, 11) is 2.73. The zero-order chi connectivity index (χ0) is 27.7. The summed E-state index contributed by atoms with van der Waals surface area (Å²) in [5, 5.41) is 0. The molecule has 0 aliphatic carbocycles. The quantitative estimate of drug-likeness (QED) is 0.471. The third-order valence-corrected chi connectivity index (χ3v) is 9.28. The molecule has 3 aliphatic heterocycles. The number of hydrogen-bond acceptors (Lipinski definition) is 9. The standard InChI is InChI=1S/C27H33N3O8S/c1-28-10-9-19-20(16-28)24(36-4)25-26(38-17-37-25)27(19)39(32,33)30-13-11-29(12-14-30)23(31)8-6-18-5-7-21(34-2)22(15-18)35-3/h5-8,15H,9-14,16-17H2,1-4H3/b8-6+. The topological polar surface area (TPSA) is 107 Å². The average Bonchev–Trinajstić information content (AvgIpc) is 3.43. The van der Waals surface area contributed by atoms with Crippen LogP contribution < -0.4 is 23.7 Å². The van der Waals surface area contributed by atoms with E-state index in [2.05, 4.69) is 4.90 Å². The van der Waals surface area contributed by atoms with E-state index in [1.54, 1.807) is 44.4 Å². The minimum absolute atomic E-state index is 0.0678. The number of rotatable bonds is 7. The molecule has 0 saturated carbocycles. The van der Waals surface area contributed by atoms with Crippen LogP contribution in [-0.2, 0) is 27.8 Å². The van der Waals surface area contributed by atoms with Crippen molar-refractivity contribution in [3.63, 3.8) is 0 Å². The maximum atomic E-state index is 14.0. The van der Waals surface area contributed by atoms with Crippen molar-refractivity contribution in [2.75, 3.05) is 67.9 Å². The van der Waals surface area contributed by atoms with Gasteiger partial charge in [0.25, 0.3) is 0 Å². The number of carbonyl (C=O) groups is 1. The van der Waals surface area contributed by atoms with E-state index in [1.165, 1.54) is 10.4 Å². The van der Waals surface area contributed by atoms with E-state index in [0.29, 0.717) is 48.1 Å². The third-order valence-electron chi connectivity index (χ3n) is 7.29. The molecule has 0 N–H and O–H groups in total.